The zero-order valence-electron chi connectivity index (χ0n) is 40.1. The highest BCUT2D eigenvalue weighted by molar-refractivity contribution is 5.91. The molecule has 4 rings (SSSR count). The SMILES string of the molecule is CCCCCCCCCCCCCCNC(=O)c1cn(CCO[C@@H]2O[C@H](CO)[C@@H](O[C@@H]3O[C@H](CO)[C@H](O)[C@H](O[C@]4(C(=O)O)C[C@H](O)[C@@H](NC(C)=O)[C@H]([C@H](O)[C@H](O)CO)O4)[C@H]3O)[C@H](O)[C@H]2NC(C)=O)nn1. The van der Waals surface area contributed by atoms with Crippen LogP contribution < -0.4 is 16.0 Å². The fourth-order valence-electron chi connectivity index (χ4n) is 8.73. The van der Waals surface area contributed by atoms with E-state index in [0.717, 1.165) is 33.1 Å². The van der Waals surface area contributed by atoms with Gasteiger partial charge in [0.05, 0.1) is 51.3 Å². The number of aliphatic hydroxyl groups excluding tert-OH is 9. The van der Waals surface area contributed by atoms with Crippen LogP contribution in [0.4, 0.5) is 0 Å². The molecule has 3 aliphatic heterocycles. The summed E-state index contributed by atoms with van der Waals surface area (Å²) in [6.07, 6.45) is -9.90. The van der Waals surface area contributed by atoms with Crippen LogP contribution in [-0.4, -0.2) is 220 Å². The van der Waals surface area contributed by atoms with Gasteiger partial charge in [0, 0.05) is 26.8 Å². The molecule has 16 atom stereocenters. The molecule has 70 heavy (non-hydrogen) atoms. The maximum atomic E-state index is 12.9. The second kappa shape index (κ2) is 29.2. The summed E-state index contributed by atoms with van der Waals surface area (Å²) in [4.78, 5) is 50.0. The van der Waals surface area contributed by atoms with E-state index in [1.165, 1.54) is 68.7 Å². The average molecular weight is 1010 g/mol. The van der Waals surface area contributed by atoms with Crippen molar-refractivity contribution in [2.24, 2.45) is 0 Å². The van der Waals surface area contributed by atoms with Crippen molar-refractivity contribution in [3.05, 3.63) is 11.9 Å². The van der Waals surface area contributed by atoms with Crippen LogP contribution >= 0.6 is 0 Å². The lowest BCUT2D eigenvalue weighted by atomic mass is 9.88. The number of carboxylic acid groups (broad SMARTS) is 1. The fraction of sp³-hybridized carbons (Fsp3) is 0.864. The van der Waals surface area contributed by atoms with Crippen molar-refractivity contribution in [3.8, 4) is 0 Å². The first-order valence-corrected chi connectivity index (χ1v) is 24.2. The van der Waals surface area contributed by atoms with Crippen molar-refractivity contribution in [2.45, 2.75) is 208 Å². The van der Waals surface area contributed by atoms with Gasteiger partial charge in [0.15, 0.2) is 18.3 Å². The molecule has 4 heterocycles. The molecule has 0 unspecified atom stereocenters. The van der Waals surface area contributed by atoms with Gasteiger partial charge in [-0.2, -0.15) is 0 Å². The third-order valence-corrected chi connectivity index (χ3v) is 12.5. The van der Waals surface area contributed by atoms with Crippen molar-refractivity contribution in [1.82, 2.24) is 30.9 Å². The predicted octanol–water partition coefficient (Wildman–Crippen LogP) is -3.33. The van der Waals surface area contributed by atoms with Crippen LogP contribution in [0.25, 0.3) is 0 Å². The van der Waals surface area contributed by atoms with Gasteiger partial charge in [0.2, 0.25) is 11.8 Å². The lowest BCUT2D eigenvalue weighted by Crippen LogP contribution is -2.71. The molecule has 3 amide bonds. The monoisotopic (exact) mass is 1010 g/mol. The summed E-state index contributed by atoms with van der Waals surface area (Å²) in [6, 6.07) is -2.99. The predicted molar refractivity (Wildman–Crippen MR) is 239 cm³/mol. The van der Waals surface area contributed by atoms with Gasteiger partial charge < -0.3 is 95.4 Å². The summed E-state index contributed by atoms with van der Waals surface area (Å²) >= 11 is 0. The molecule has 1 aromatic rings. The average Bonchev–Trinajstić information content (AvgIpc) is 3.80. The number of carbonyl (C=O) groups excluding carboxylic acids is 3. The first-order valence-electron chi connectivity index (χ1n) is 24.2. The van der Waals surface area contributed by atoms with Crippen molar-refractivity contribution >= 4 is 23.7 Å². The second-order valence-electron chi connectivity index (χ2n) is 18.1. The smallest absolute Gasteiger partial charge is 0.364 e. The van der Waals surface area contributed by atoms with E-state index in [-0.39, 0.29) is 18.8 Å². The molecular formula is C44H76N6O20. The minimum atomic E-state index is -3.07. The number of carbonyl (C=O) groups is 4. The largest absolute Gasteiger partial charge is 0.477 e. The van der Waals surface area contributed by atoms with E-state index in [9.17, 15) is 70.2 Å². The van der Waals surface area contributed by atoms with E-state index in [0.29, 0.717) is 6.54 Å². The molecule has 0 aliphatic carbocycles. The van der Waals surface area contributed by atoms with Gasteiger partial charge in [-0.25, -0.2) is 9.48 Å². The van der Waals surface area contributed by atoms with Crippen molar-refractivity contribution in [2.75, 3.05) is 33.0 Å². The number of hydrogen-bond donors (Lipinski definition) is 13. The Labute approximate surface area is 405 Å². The molecule has 13 N–H and O–H groups in total. The quantitative estimate of drug-likeness (QED) is 0.0335. The second-order valence-corrected chi connectivity index (χ2v) is 18.1. The first-order chi connectivity index (χ1) is 33.4. The number of nitrogens with zero attached hydrogens (tertiary/aromatic N) is 3. The lowest BCUT2D eigenvalue weighted by molar-refractivity contribution is -0.382. The Morgan fingerprint density at radius 2 is 1.39 bits per heavy atom. The van der Waals surface area contributed by atoms with Gasteiger partial charge in [-0.1, -0.05) is 82.8 Å². The number of amides is 3. The molecule has 1 aromatic heterocycles. The van der Waals surface area contributed by atoms with Crippen LogP contribution in [0.15, 0.2) is 6.20 Å². The zero-order chi connectivity index (χ0) is 51.5. The van der Waals surface area contributed by atoms with E-state index >= 15 is 0 Å². The maximum Gasteiger partial charge on any atom is 0.364 e. The molecule has 3 saturated heterocycles. The number of rotatable bonds is 30. The highest BCUT2D eigenvalue weighted by Gasteiger charge is 2.60. The van der Waals surface area contributed by atoms with Crippen LogP contribution in [-0.2, 0) is 49.3 Å². The summed E-state index contributed by atoms with van der Waals surface area (Å²) in [5, 5.41) is 123. The summed E-state index contributed by atoms with van der Waals surface area (Å²) < 4.78 is 36.0. The van der Waals surface area contributed by atoms with Gasteiger partial charge in [-0.3, -0.25) is 14.4 Å². The standard InChI is InChI=1S/C44H76N6O20/c1-4-5-6-7-8-9-10-11-12-13-14-15-16-45-40(62)26-20-50(49-48-26)17-18-65-41-32(47-25(3)55)35(60)37(30(23-53)67-41)68-42-36(61)39(34(59)29(22-52)66-42)70-44(43(63)64)19-27(56)31(46-24(2)54)38(69-44)33(58)28(57)21-51/h20,27-39,41-42,51-53,56-61H,4-19,21-23H2,1-3H3,(H,45,62)(H,46,54)(H,47,55)(H,63,64)/t27-,28+,29+,30+,31+,32+,33+,34-,35+,36+,37+,38+,39-,41+,42-,44-/m0/s1. The number of unbranched alkanes of at least 4 members (excludes halogenated alkanes) is 11. The summed E-state index contributed by atoms with van der Waals surface area (Å²) in [7, 11) is 0. The Kier molecular flexibility index (Phi) is 24.6. The number of aromatic nitrogens is 3. The van der Waals surface area contributed by atoms with Crippen LogP contribution in [0.5, 0.6) is 0 Å². The topological polar surface area (TPSA) is 393 Å². The van der Waals surface area contributed by atoms with Crippen molar-refractivity contribution in [1.29, 1.82) is 0 Å². The molecule has 26 nitrogen and oxygen atoms in total. The number of ether oxygens (including phenoxy) is 6. The molecule has 402 valence electrons. The van der Waals surface area contributed by atoms with Gasteiger partial charge in [0.25, 0.3) is 11.7 Å². The Hall–Kier alpha value is -3.58. The van der Waals surface area contributed by atoms with Crippen LogP contribution in [0.1, 0.15) is 115 Å². The van der Waals surface area contributed by atoms with E-state index in [4.69, 9.17) is 28.4 Å². The van der Waals surface area contributed by atoms with Gasteiger partial charge in [-0.15, -0.1) is 5.10 Å². The molecule has 0 saturated carbocycles. The highest BCUT2D eigenvalue weighted by Crippen LogP contribution is 2.38. The number of carboxylic acids is 1. The molecule has 0 aromatic carbocycles. The van der Waals surface area contributed by atoms with Crippen LogP contribution in [0.3, 0.4) is 0 Å². The van der Waals surface area contributed by atoms with Crippen molar-refractivity contribution in [3.63, 3.8) is 0 Å². The number of aliphatic hydroxyl groups is 9. The molecule has 26 heteroatoms. The summed E-state index contributed by atoms with van der Waals surface area (Å²) in [5.74, 6) is -6.87. The van der Waals surface area contributed by atoms with Crippen LogP contribution in [0, 0.1) is 0 Å². The molecule has 0 bridgehead atoms. The van der Waals surface area contributed by atoms with E-state index in [1.54, 1.807) is 0 Å². The molecule has 3 fully saturated rings. The van der Waals surface area contributed by atoms with Gasteiger partial charge in [-0.05, 0) is 6.42 Å². The minimum absolute atomic E-state index is 0.0219. The zero-order valence-corrected chi connectivity index (χ0v) is 40.1. The Bertz CT molecular complexity index is 1750. The van der Waals surface area contributed by atoms with Crippen molar-refractivity contribution < 1.29 is 98.7 Å². The molecular weight excluding hydrogens is 933 g/mol. The summed E-state index contributed by atoms with van der Waals surface area (Å²) in [5.41, 5.74) is 0.0777. The Morgan fingerprint density at radius 1 is 0.800 bits per heavy atom. The number of aliphatic carboxylic acids is 1. The number of nitrogens with one attached hydrogen (secondary N) is 3. The molecule has 3 aliphatic rings. The normalized spacial score (nSPS) is 32.2. The van der Waals surface area contributed by atoms with E-state index in [1.807, 2.05) is 0 Å². The maximum absolute atomic E-state index is 12.9. The lowest BCUT2D eigenvalue weighted by Gasteiger charge is -2.51. The first kappa shape index (κ1) is 59.0. The minimum Gasteiger partial charge on any atom is -0.477 e. The van der Waals surface area contributed by atoms with E-state index in [2.05, 4.69) is 33.2 Å². The Morgan fingerprint density at radius 3 is 1.96 bits per heavy atom. The third kappa shape index (κ3) is 16.5. The molecule has 0 radical (unpaired) electrons. The van der Waals surface area contributed by atoms with Gasteiger partial charge in [0.1, 0.15) is 67.1 Å². The number of hydrogen-bond acceptors (Lipinski definition) is 21. The van der Waals surface area contributed by atoms with E-state index < -0.39 is 148 Å². The molecule has 0 spiro atoms. The Balaban J connectivity index is 1.37. The highest BCUT2D eigenvalue weighted by atomic mass is 16.8. The van der Waals surface area contributed by atoms with Crippen LogP contribution in [0.2, 0.25) is 0 Å². The summed E-state index contributed by atoms with van der Waals surface area (Å²) in [6.45, 7) is 1.79. The third-order valence-electron chi connectivity index (χ3n) is 12.5. The fourth-order valence-corrected chi connectivity index (χ4v) is 8.73. The van der Waals surface area contributed by atoms with Gasteiger partial charge >= 0.3 is 5.97 Å².